The first kappa shape index (κ1) is 18.5. The van der Waals surface area contributed by atoms with Crippen molar-refractivity contribution in [1.82, 2.24) is 15.2 Å². The molecule has 0 bridgehead atoms. The Labute approximate surface area is 162 Å². The second kappa shape index (κ2) is 8.91. The summed E-state index contributed by atoms with van der Waals surface area (Å²) in [5.74, 6) is 3.45. The maximum absolute atomic E-state index is 6.03. The second-order valence-electron chi connectivity index (χ2n) is 8.04. The van der Waals surface area contributed by atoms with E-state index in [0.29, 0.717) is 5.88 Å². The zero-order valence-corrected chi connectivity index (χ0v) is 16.4. The summed E-state index contributed by atoms with van der Waals surface area (Å²) in [6.07, 6.45) is 9.49. The number of nitrogens with one attached hydrogen (secondary N) is 1. The van der Waals surface area contributed by atoms with Gasteiger partial charge in [-0.2, -0.15) is 0 Å². The minimum atomic E-state index is 0.218. The Kier molecular flexibility index (Phi) is 6.12. The highest BCUT2D eigenvalue weighted by Gasteiger charge is 2.35. The highest BCUT2D eigenvalue weighted by Crippen LogP contribution is 2.35. The van der Waals surface area contributed by atoms with E-state index in [9.17, 15) is 0 Å². The number of aliphatic imine (C=N–C) groups is 1. The maximum Gasteiger partial charge on any atom is 0.213 e. The summed E-state index contributed by atoms with van der Waals surface area (Å²) in [6, 6.07) is 4.08. The van der Waals surface area contributed by atoms with Gasteiger partial charge < -0.3 is 19.7 Å². The largest absolute Gasteiger partial charge is 0.474 e. The van der Waals surface area contributed by atoms with Crippen molar-refractivity contribution in [2.24, 2.45) is 16.8 Å². The average Bonchev–Trinajstić information content (AvgIpc) is 3.13. The normalized spacial score (nSPS) is 26.7. The Morgan fingerprint density at radius 3 is 2.67 bits per heavy atom. The van der Waals surface area contributed by atoms with Gasteiger partial charge in [0.2, 0.25) is 5.88 Å². The van der Waals surface area contributed by atoms with Gasteiger partial charge in [0.1, 0.15) is 6.10 Å². The lowest BCUT2D eigenvalue weighted by molar-refractivity contribution is 0.0237. The number of likely N-dealkylation sites (tertiary alicyclic amines) is 1. The predicted molar refractivity (Wildman–Crippen MR) is 106 cm³/mol. The molecule has 0 amide bonds. The number of aromatic nitrogens is 1. The number of fused-ring (bicyclic) bond motifs is 1. The van der Waals surface area contributed by atoms with E-state index in [1.54, 1.807) is 0 Å². The van der Waals surface area contributed by atoms with Crippen LogP contribution in [0.15, 0.2) is 23.3 Å². The van der Waals surface area contributed by atoms with Gasteiger partial charge in [0.15, 0.2) is 5.96 Å². The zero-order valence-electron chi connectivity index (χ0n) is 16.4. The molecular formula is C21H32N4O2. The highest BCUT2D eigenvalue weighted by molar-refractivity contribution is 5.80. The van der Waals surface area contributed by atoms with Crippen molar-refractivity contribution < 1.29 is 9.47 Å². The lowest BCUT2D eigenvalue weighted by Gasteiger charge is -2.23. The van der Waals surface area contributed by atoms with E-state index in [1.807, 2.05) is 25.4 Å². The van der Waals surface area contributed by atoms with Crippen molar-refractivity contribution in [2.45, 2.75) is 51.2 Å². The van der Waals surface area contributed by atoms with Crippen molar-refractivity contribution in [3.05, 3.63) is 23.9 Å². The fourth-order valence-electron chi connectivity index (χ4n) is 4.68. The molecule has 3 fully saturated rings. The SMILES string of the molecule is CN=C(NCc1ccnc(OC2CCOCC2)c1)N1CC2CCCCC2C1. The Hall–Kier alpha value is -1.82. The summed E-state index contributed by atoms with van der Waals surface area (Å²) < 4.78 is 11.4. The van der Waals surface area contributed by atoms with Crippen LogP contribution in [0.3, 0.4) is 0 Å². The van der Waals surface area contributed by atoms with Gasteiger partial charge in [-0.15, -0.1) is 0 Å². The summed E-state index contributed by atoms with van der Waals surface area (Å²) in [6.45, 7) is 4.60. The van der Waals surface area contributed by atoms with E-state index in [-0.39, 0.29) is 6.10 Å². The Morgan fingerprint density at radius 2 is 1.96 bits per heavy atom. The van der Waals surface area contributed by atoms with Crippen molar-refractivity contribution >= 4 is 5.96 Å². The minimum Gasteiger partial charge on any atom is -0.474 e. The molecule has 1 aromatic heterocycles. The van der Waals surface area contributed by atoms with Gasteiger partial charge in [-0.25, -0.2) is 4.98 Å². The van der Waals surface area contributed by atoms with Crippen molar-refractivity contribution in [2.75, 3.05) is 33.4 Å². The fraction of sp³-hybridized carbons (Fsp3) is 0.714. The van der Waals surface area contributed by atoms with Gasteiger partial charge >= 0.3 is 0 Å². The topological polar surface area (TPSA) is 59.0 Å². The van der Waals surface area contributed by atoms with Crippen LogP contribution >= 0.6 is 0 Å². The summed E-state index contributed by atoms with van der Waals surface area (Å²) in [7, 11) is 1.89. The lowest BCUT2D eigenvalue weighted by atomic mass is 9.82. The summed E-state index contributed by atoms with van der Waals surface area (Å²) >= 11 is 0. The number of rotatable bonds is 4. The molecule has 3 heterocycles. The van der Waals surface area contributed by atoms with Crippen LogP contribution in [0, 0.1) is 11.8 Å². The lowest BCUT2D eigenvalue weighted by Crippen LogP contribution is -2.39. The van der Waals surface area contributed by atoms with E-state index in [0.717, 1.165) is 63.5 Å². The summed E-state index contributed by atoms with van der Waals surface area (Å²) in [4.78, 5) is 11.4. The van der Waals surface area contributed by atoms with E-state index in [4.69, 9.17) is 9.47 Å². The molecule has 4 rings (SSSR count). The molecule has 2 atom stereocenters. The molecule has 1 N–H and O–H groups in total. The Balaban J connectivity index is 1.31. The first-order valence-corrected chi connectivity index (χ1v) is 10.5. The summed E-state index contributed by atoms with van der Waals surface area (Å²) in [5, 5.41) is 3.54. The van der Waals surface area contributed by atoms with Gasteiger partial charge in [-0.05, 0) is 36.3 Å². The molecular weight excluding hydrogens is 340 g/mol. The molecule has 2 aliphatic heterocycles. The smallest absolute Gasteiger partial charge is 0.213 e. The minimum absolute atomic E-state index is 0.218. The van der Waals surface area contributed by atoms with E-state index >= 15 is 0 Å². The number of pyridine rings is 1. The molecule has 148 valence electrons. The van der Waals surface area contributed by atoms with Gasteiger partial charge in [0.25, 0.3) is 0 Å². The van der Waals surface area contributed by atoms with Crippen molar-refractivity contribution in [3.63, 3.8) is 0 Å². The molecule has 2 unspecified atom stereocenters. The third-order valence-electron chi connectivity index (χ3n) is 6.19. The van der Waals surface area contributed by atoms with Crippen LogP contribution in [0.4, 0.5) is 0 Å². The number of hydrogen-bond donors (Lipinski definition) is 1. The molecule has 1 aromatic rings. The summed E-state index contributed by atoms with van der Waals surface area (Å²) in [5.41, 5.74) is 1.17. The quantitative estimate of drug-likeness (QED) is 0.651. The number of hydrogen-bond acceptors (Lipinski definition) is 4. The highest BCUT2D eigenvalue weighted by atomic mass is 16.5. The standard InChI is InChI=1S/C21H32N4O2/c1-22-21(25-14-17-4-2-3-5-18(17)15-25)24-13-16-6-9-23-20(12-16)27-19-7-10-26-11-8-19/h6,9,12,17-19H,2-5,7-8,10-11,13-15H2,1H3,(H,22,24). The van der Waals surface area contributed by atoms with Gasteiger partial charge in [0.05, 0.1) is 13.2 Å². The monoisotopic (exact) mass is 372 g/mol. The molecule has 0 radical (unpaired) electrons. The second-order valence-corrected chi connectivity index (χ2v) is 8.04. The average molecular weight is 373 g/mol. The molecule has 1 aliphatic carbocycles. The van der Waals surface area contributed by atoms with Gasteiger partial charge in [-0.3, -0.25) is 4.99 Å². The third-order valence-corrected chi connectivity index (χ3v) is 6.19. The first-order chi connectivity index (χ1) is 13.3. The van der Waals surface area contributed by atoms with E-state index in [2.05, 4.69) is 20.2 Å². The number of nitrogens with zero attached hydrogens (tertiary/aromatic N) is 3. The van der Waals surface area contributed by atoms with Crippen LogP contribution in [-0.2, 0) is 11.3 Å². The van der Waals surface area contributed by atoms with Crippen LogP contribution in [0.2, 0.25) is 0 Å². The fourth-order valence-corrected chi connectivity index (χ4v) is 4.68. The van der Waals surface area contributed by atoms with Crippen LogP contribution in [0.25, 0.3) is 0 Å². The molecule has 2 saturated heterocycles. The molecule has 27 heavy (non-hydrogen) atoms. The van der Waals surface area contributed by atoms with Crippen LogP contribution in [-0.4, -0.2) is 55.3 Å². The Bertz CT molecular complexity index is 631. The maximum atomic E-state index is 6.03. The molecule has 0 aromatic carbocycles. The van der Waals surface area contributed by atoms with Crippen molar-refractivity contribution in [1.29, 1.82) is 0 Å². The van der Waals surface area contributed by atoms with E-state index in [1.165, 1.54) is 31.2 Å². The van der Waals surface area contributed by atoms with Gasteiger partial charge in [-0.1, -0.05) is 12.8 Å². The Morgan fingerprint density at radius 1 is 1.22 bits per heavy atom. The zero-order chi connectivity index (χ0) is 18.5. The van der Waals surface area contributed by atoms with Gasteiger partial charge in [0, 0.05) is 51.8 Å². The van der Waals surface area contributed by atoms with Crippen molar-refractivity contribution in [3.8, 4) is 5.88 Å². The molecule has 3 aliphatic rings. The van der Waals surface area contributed by atoms with E-state index < -0.39 is 0 Å². The first-order valence-electron chi connectivity index (χ1n) is 10.5. The van der Waals surface area contributed by atoms with Crippen LogP contribution in [0.1, 0.15) is 44.1 Å². The van der Waals surface area contributed by atoms with Crippen LogP contribution in [0.5, 0.6) is 5.88 Å². The predicted octanol–water partition coefficient (Wildman–Crippen LogP) is 2.84. The molecule has 0 spiro atoms. The molecule has 6 nitrogen and oxygen atoms in total. The third kappa shape index (κ3) is 4.72. The number of guanidine groups is 1. The van der Waals surface area contributed by atoms with Crippen LogP contribution < -0.4 is 10.1 Å². The molecule has 6 heteroatoms. The number of ether oxygens (including phenoxy) is 2. The molecule has 1 saturated carbocycles.